The minimum atomic E-state index is -0.161. The second-order valence-corrected chi connectivity index (χ2v) is 17.9. The topological polar surface area (TPSA) is 30.4 Å². The highest BCUT2D eigenvalue weighted by molar-refractivity contribution is 6.22. The monoisotopic (exact) mass is 846 g/mol. The predicted molar refractivity (Wildman–Crippen MR) is 279 cm³/mol. The molecule has 1 unspecified atom stereocenters. The molecule has 314 valence electrons. The Kier molecular flexibility index (Phi) is 9.09. The van der Waals surface area contributed by atoms with Gasteiger partial charge in [0.25, 0.3) is 0 Å². The molecule has 0 amide bonds. The Bertz CT molecular complexity index is 3930. The van der Waals surface area contributed by atoms with Crippen LogP contribution in [-0.2, 0) is 0 Å². The summed E-state index contributed by atoms with van der Waals surface area (Å²) in [5.41, 5.74) is 15.2. The first-order chi connectivity index (χ1) is 32.7. The number of hydrogen-bond donors (Lipinski definition) is 0. The third kappa shape index (κ3) is 6.30. The van der Waals surface area contributed by atoms with Crippen LogP contribution in [0.1, 0.15) is 55.3 Å². The molecule has 0 radical (unpaired) electrons. The molecule has 3 heteroatoms. The molecule has 0 fully saturated rings. The zero-order chi connectivity index (χ0) is 43.7. The first-order valence-electron chi connectivity index (χ1n) is 23.4. The number of aliphatic imine (C=N–C) groups is 1. The highest BCUT2D eigenvalue weighted by atomic mass is 16.3. The summed E-state index contributed by atoms with van der Waals surface area (Å²) in [6.07, 6.45) is 3.66. The molecule has 12 aromatic rings. The van der Waals surface area contributed by atoms with E-state index in [1.54, 1.807) is 0 Å². The van der Waals surface area contributed by atoms with E-state index in [0.29, 0.717) is 0 Å². The summed E-state index contributed by atoms with van der Waals surface area (Å²) < 4.78 is 9.44. The number of fused-ring (bicyclic) bond motifs is 9. The summed E-state index contributed by atoms with van der Waals surface area (Å²) in [6.45, 7) is 2.31. The second kappa shape index (κ2) is 15.6. The van der Waals surface area contributed by atoms with Crippen molar-refractivity contribution in [3.8, 4) is 16.8 Å². The van der Waals surface area contributed by atoms with Crippen molar-refractivity contribution in [2.24, 2.45) is 4.99 Å². The Balaban J connectivity index is 1.10. The van der Waals surface area contributed by atoms with E-state index in [2.05, 4.69) is 218 Å². The highest BCUT2D eigenvalue weighted by Crippen LogP contribution is 2.45. The van der Waals surface area contributed by atoms with Gasteiger partial charge < -0.3 is 8.98 Å². The fourth-order valence-corrected chi connectivity index (χ4v) is 11.0. The molecule has 1 atom stereocenters. The number of benzene rings is 10. The lowest BCUT2D eigenvalue weighted by atomic mass is 9.84. The molecule has 3 heterocycles. The number of aromatic nitrogens is 1. The minimum Gasteiger partial charge on any atom is -0.456 e. The minimum absolute atomic E-state index is 0.161. The average Bonchev–Trinajstić information content (AvgIpc) is 3.88. The van der Waals surface area contributed by atoms with E-state index in [4.69, 9.17) is 9.41 Å². The molecule has 2 aromatic heterocycles. The summed E-state index contributed by atoms with van der Waals surface area (Å²) in [6, 6.07) is 75.5. The van der Waals surface area contributed by atoms with Crippen LogP contribution in [-0.4, -0.2) is 10.3 Å². The van der Waals surface area contributed by atoms with Gasteiger partial charge in [0, 0.05) is 32.7 Å². The highest BCUT2D eigenvalue weighted by Gasteiger charge is 2.27. The molecule has 0 bridgehead atoms. The third-order valence-corrected chi connectivity index (χ3v) is 14.2. The van der Waals surface area contributed by atoms with E-state index in [1.165, 1.54) is 93.1 Å². The molecule has 0 spiro atoms. The molecule has 3 nitrogen and oxygen atoms in total. The third-order valence-electron chi connectivity index (χ3n) is 14.2. The van der Waals surface area contributed by atoms with Crippen molar-refractivity contribution in [3.05, 3.63) is 229 Å². The molecule has 0 saturated heterocycles. The van der Waals surface area contributed by atoms with Crippen molar-refractivity contribution in [2.45, 2.75) is 38.6 Å². The molecule has 66 heavy (non-hydrogen) atoms. The first kappa shape index (κ1) is 38.4. The van der Waals surface area contributed by atoms with Crippen LogP contribution in [0.15, 0.2) is 221 Å². The van der Waals surface area contributed by atoms with Crippen LogP contribution in [0.4, 0.5) is 0 Å². The molecule has 1 aliphatic heterocycles. The van der Waals surface area contributed by atoms with E-state index >= 15 is 0 Å². The number of para-hydroxylation sites is 1. The van der Waals surface area contributed by atoms with Gasteiger partial charge in [0.15, 0.2) is 0 Å². The van der Waals surface area contributed by atoms with Gasteiger partial charge in [-0.1, -0.05) is 171 Å². The molecule has 0 saturated carbocycles. The van der Waals surface area contributed by atoms with Gasteiger partial charge in [-0.15, -0.1) is 0 Å². The fourth-order valence-electron chi connectivity index (χ4n) is 11.0. The summed E-state index contributed by atoms with van der Waals surface area (Å²) in [5.74, 6) is 0. The lowest BCUT2D eigenvalue weighted by molar-refractivity contribution is 0.613. The van der Waals surface area contributed by atoms with Gasteiger partial charge in [0.2, 0.25) is 0 Å². The molecule has 13 rings (SSSR count). The molecule has 0 N–H and O–H groups in total. The Morgan fingerprint density at radius 2 is 1.08 bits per heavy atom. The SMILES string of the molecule is CCC1=C(\c2ccc(-c3ccccc3)cc2)CCCC(c2cc3oc4cc5ccccc5cc4c3cc2-n2c3ccccc3c3cc4ccccc4cc32)/N=C\1c1cccc2ccccc12. The van der Waals surface area contributed by atoms with E-state index in [9.17, 15) is 0 Å². The van der Waals surface area contributed by atoms with Crippen LogP contribution < -0.4 is 0 Å². The van der Waals surface area contributed by atoms with Crippen molar-refractivity contribution in [1.29, 1.82) is 0 Å². The Labute approximate surface area is 383 Å². The predicted octanol–water partition coefficient (Wildman–Crippen LogP) is 17.4. The van der Waals surface area contributed by atoms with E-state index in [1.807, 2.05) is 0 Å². The number of allylic oxidation sites excluding steroid dienone is 2. The maximum atomic E-state index is 6.91. The first-order valence-corrected chi connectivity index (χ1v) is 23.4. The maximum absolute atomic E-state index is 6.91. The van der Waals surface area contributed by atoms with Crippen LogP contribution in [0.5, 0.6) is 0 Å². The van der Waals surface area contributed by atoms with Crippen LogP contribution >= 0.6 is 0 Å². The quantitative estimate of drug-likeness (QED) is 0.164. The number of furan rings is 1. The van der Waals surface area contributed by atoms with Gasteiger partial charge in [-0.2, -0.15) is 0 Å². The van der Waals surface area contributed by atoms with Crippen molar-refractivity contribution in [1.82, 2.24) is 4.57 Å². The normalized spacial score (nSPS) is 16.7. The lowest BCUT2D eigenvalue weighted by Crippen LogP contribution is -2.15. The molecular formula is C63H46N2O. The number of rotatable bonds is 6. The maximum Gasteiger partial charge on any atom is 0.136 e. The lowest BCUT2D eigenvalue weighted by Gasteiger charge is -2.26. The van der Waals surface area contributed by atoms with Gasteiger partial charge in [-0.05, 0) is 128 Å². The van der Waals surface area contributed by atoms with Gasteiger partial charge in [0.05, 0.1) is 28.5 Å². The standard InChI is InChI=1S/C63H46N2O/c1-2-48-49(43-32-30-41(31-33-43)40-16-4-3-5-17-40)26-15-28-57(64-63(48)52-27-14-23-42-18-10-11-24-50(42)52)56-39-62-55(54-35-45-20-7-9-22-47(45)37-61(54)66-62)38-60(56)65-58-29-13-12-25-51(58)53-34-44-19-6-8-21-46(44)36-59(53)65/h3-14,16-25,27,29-39,57H,2,15,26,28H2,1H3/b49-48+,64-63+. The summed E-state index contributed by atoms with van der Waals surface area (Å²) >= 11 is 0. The molecule has 1 aliphatic rings. The zero-order valence-electron chi connectivity index (χ0n) is 36.8. The smallest absolute Gasteiger partial charge is 0.136 e. The summed E-state index contributed by atoms with van der Waals surface area (Å²) in [4.78, 5) is 6.11. The Morgan fingerprint density at radius 1 is 0.485 bits per heavy atom. The van der Waals surface area contributed by atoms with E-state index in [0.717, 1.165) is 59.0 Å². The Hall–Kier alpha value is -8.01. The summed E-state index contributed by atoms with van der Waals surface area (Å²) in [5, 5.41) is 12.0. The van der Waals surface area contributed by atoms with Crippen molar-refractivity contribution in [3.63, 3.8) is 0 Å². The molecule has 10 aromatic carbocycles. The van der Waals surface area contributed by atoms with Crippen LogP contribution in [0.2, 0.25) is 0 Å². The van der Waals surface area contributed by atoms with Crippen molar-refractivity contribution >= 4 is 87.3 Å². The summed E-state index contributed by atoms with van der Waals surface area (Å²) in [7, 11) is 0. The van der Waals surface area contributed by atoms with Crippen LogP contribution in [0.3, 0.4) is 0 Å². The van der Waals surface area contributed by atoms with Crippen LogP contribution in [0, 0.1) is 0 Å². The van der Waals surface area contributed by atoms with E-state index in [-0.39, 0.29) is 6.04 Å². The number of hydrogen-bond acceptors (Lipinski definition) is 2. The zero-order valence-corrected chi connectivity index (χ0v) is 36.8. The number of nitrogens with zero attached hydrogens (tertiary/aromatic N) is 2. The van der Waals surface area contributed by atoms with Gasteiger partial charge in [0.1, 0.15) is 11.2 Å². The van der Waals surface area contributed by atoms with Gasteiger partial charge in [-0.3, -0.25) is 4.99 Å². The Morgan fingerprint density at radius 3 is 1.85 bits per heavy atom. The molecule has 0 aliphatic carbocycles. The molecular weight excluding hydrogens is 801 g/mol. The average molecular weight is 847 g/mol. The fraction of sp³-hybridized carbons (Fsp3) is 0.0952. The van der Waals surface area contributed by atoms with E-state index < -0.39 is 0 Å². The van der Waals surface area contributed by atoms with Crippen molar-refractivity contribution < 1.29 is 4.42 Å². The van der Waals surface area contributed by atoms with Crippen molar-refractivity contribution in [2.75, 3.05) is 0 Å². The van der Waals surface area contributed by atoms with Crippen LogP contribution in [0.25, 0.3) is 98.4 Å². The van der Waals surface area contributed by atoms with Gasteiger partial charge >= 0.3 is 0 Å². The second-order valence-electron chi connectivity index (χ2n) is 17.9. The van der Waals surface area contributed by atoms with Gasteiger partial charge in [-0.25, -0.2) is 0 Å². The largest absolute Gasteiger partial charge is 0.456 e.